The van der Waals surface area contributed by atoms with Gasteiger partial charge in [0, 0.05) is 18.7 Å². The number of anilines is 1. The molecule has 0 heterocycles. The summed E-state index contributed by atoms with van der Waals surface area (Å²) in [6, 6.07) is 8.12. The lowest BCUT2D eigenvalue weighted by Crippen LogP contribution is -2.27. The van der Waals surface area contributed by atoms with E-state index >= 15 is 0 Å². The molecule has 1 N–H and O–H groups in total. The van der Waals surface area contributed by atoms with Gasteiger partial charge in [0.05, 0.1) is 7.11 Å². The fourth-order valence-corrected chi connectivity index (χ4v) is 3.63. The molecule has 1 atom stereocenters. The van der Waals surface area contributed by atoms with Gasteiger partial charge in [-0.15, -0.1) is 6.58 Å². The largest absolute Gasteiger partial charge is 0.466 e. The zero-order chi connectivity index (χ0) is 24.9. The van der Waals surface area contributed by atoms with E-state index in [1.165, 1.54) is 52.1 Å². The number of benzene rings is 1. The quantitative estimate of drug-likeness (QED) is 0.124. The molecule has 5 nitrogen and oxygen atoms in total. The van der Waals surface area contributed by atoms with Gasteiger partial charge in [0.2, 0.25) is 0 Å². The summed E-state index contributed by atoms with van der Waals surface area (Å²) in [7, 11) is 1.29. The molecular weight excluding hydrogens is 426 g/mol. The third-order valence-corrected chi connectivity index (χ3v) is 5.75. The highest BCUT2D eigenvalue weighted by molar-refractivity contribution is 5.79. The van der Waals surface area contributed by atoms with Crippen molar-refractivity contribution in [3.05, 3.63) is 54.6 Å². The standard InChI is InChI=1S/C29H45NO4/c1-4-6-7-8-9-10-11-12-13-14-15-16-17-24-30-26-21-18-25(19-22-26)20-23-28(31)34-27(5-2)29(32)33-3/h4,14-15,18-19,21-22,27,30H,1,5-13,16-17,20,23-24H2,2-3H3. The molecule has 0 aliphatic heterocycles. The Morgan fingerprint density at radius 1 is 0.941 bits per heavy atom. The number of carbonyl (C=O) groups excluding carboxylic acids is 2. The third kappa shape index (κ3) is 14.6. The number of hydrogen-bond donors (Lipinski definition) is 1. The molecule has 34 heavy (non-hydrogen) atoms. The van der Waals surface area contributed by atoms with E-state index in [0.717, 1.165) is 37.1 Å². The van der Waals surface area contributed by atoms with Crippen molar-refractivity contribution in [2.24, 2.45) is 0 Å². The maximum atomic E-state index is 12.0. The van der Waals surface area contributed by atoms with Crippen molar-refractivity contribution in [2.45, 2.75) is 96.5 Å². The van der Waals surface area contributed by atoms with Gasteiger partial charge in [-0.2, -0.15) is 0 Å². The first kappa shape index (κ1) is 29.5. The van der Waals surface area contributed by atoms with Gasteiger partial charge < -0.3 is 14.8 Å². The SMILES string of the molecule is C=CCCCCCCCCC=CCCCNc1ccc(CCC(=O)OC(CC)C(=O)OC)cc1. The predicted molar refractivity (Wildman–Crippen MR) is 141 cm³/mol. The van der Waals surface area contributed by atoms with E-state index in [0.29, 0.717) is 12.8 Å². The maximum absolute atomic E-state index is 12.0. The van der Waals surface area contributed by atoms with Crippen LogP contribution in [-0.4, -0.2) is 31.7 Å². The summed E-state index contributed by atoms with van der Waals surface area (Å²) in [6.07, 6.45) is 19.6. The average molecular weight is 472 g/mol. The van der Waals surface area contributed by atoms with Crippen molar-refractivity contribution in [1.29, 1.82) is 0 Å². The number of esters is 2. The molecule has 0 saturated heterocycles. The lowest BCUT2D eigenvalue weighted by Gasteiger charge is -2.13. The number of ether oxygens (including phenoxy) is 2. The summed E-state index contributed by atoms with van der Waals surface area (Å²) in [4.78, 5) is 23.5. The van der Waals surface area contributed by atoms with Crippen molar-refractivity contribution in [3.8, 4) is 0 Å². The second-order valence-corrected chi connectivity index (χ2v) is 8.63. The molecule has 0 bridgehead atoms. The molecule has 1 aromatic carbocycles. The summed E-state index contributed by atoms with van der Waals surface area (Å²) in [6.45, 7) is 6.49. The molecule has 190 valence electrons. The minimum Gasteiger partial charge on any atom is -0.466 e. The number of rotatable bonds is 20. The van der Waals surface area contributed by atoms with Crippen LogP contribution in [0, 0.1) is 0 Å². The van der Waals surface area contributed by atoms with Crippen LogP contribution in [0.2, 0.25) is 0 Å². The van der Waals surface area contributed by atoms with Crippen LogP contribution in [0.3, 0.4) is 0 Å². The Kier molecular flexibility index (Phi) is 17.2. The van der Waals surface area contributed by atoms with Gasteiger partial charge in [0.15, 0.2) is 6.10 Å². The lowest BCUT2D eigenvalue weighted by molar-refractivity contribution is -0.166. The number of hydrogen-bond acceptors (Lipinski definition) is 5. The summed E-state index contributed by atoms with van der Waals surface area (Å²) >= 11 is 0. The molecular formula is C29H45NO4. The monoisotopic (exact) mass is 471 g/mol. The summed E-state index contributed by atoms with van der Waals surface area (Å²) in [5, 5.41) is 3.45. The van der Waals surface area contributed by atoms with E-state index in [4.69, 9.17) is 4.74 Å². The number of unbranched alkanes of at least 4 members (excludes halogenated alkanes) is 8. The summed E-state index contributed by atoms with van der Waals surface area (Å²) < 4.78 is 9.84. The van der Waals surface area contributed by atoms with E-state index in [1.54, 1.807) is 6.92 Å². The van der Waals surface area contributed by atoms with Crippen LogP contribution in [0.1, 0.15) is 89.5 Å². The molecule has 0 aliphatic rings. The molecule has 0 saturated carbocycles. The molecule has 1 aromatic rings. The Hall–Kier alpha value is -2.56. The highest BCUT2D eigenvalue weighted by Gasteiger charge is 2.21. The van der Waals surface area contributed by atoms with Gasteiger partial charge in [0.1, 0.15) is 0 Å². The topological polar surface area (TPSA) is 64.6 Å². The van der Waals surface area contributed by atoms with E-state index in [-0.39, 0.29) is 12.4 Å². The van der Waals surface area contributed by atoms with Gasteiger partial charge in [-0.3, -0.25) is 4.79 Å². The van der Waals surface area contributed by atoms with E-state index in [1.807, 2.05) is 30.3 Å². The summed E-state index contributed by atoms with van der Waals surface area (Å²) in [5.74, 6) is -0.894. The second kappa shape index (κ2) is 19.9. The van der Waals surface area contributed by atoms with Crippen LogP contribution in [0.15, 0.2) is 49.1 Å². The fraction of sp³-hybridized carbons (Fsp3) is 0.586. The summed E-state index contributed by atoms with van der Waals surface area (Å²) in [5.41, 5.74) is 2.15. The second-order valence-electron chi connectivity index (χ2n) is 8.63. The van der Waals surface area contributed by atoms with Crippen LogP contribution in [-0.2, 0) is 25.5 Å². The molecule has 0 radical (unpaired) electrons. The first-order valence-electron chi connectivity index (χ1n) is 13.0. The van der Waals surface area contributed by atoms with Crippen molar-refractivity contribution in [3.63, 3.8) is 0 Å². The van der Waals surface area contributed by atoms with Crippen LogP contribution < -0.4 is 5.32 Å². The Bertz CT molecular complexity index is 711. The lowest BCUT2D eigenvalue weighted by atomic mass is 10.1. The Morgan fingerprint density at radius 3 is 2.18 bits per heavy atom. The van der Waals surface area contributed by atoms with Gasteiger partial charge in [-0.1, -0.05) is 63.0 Å². The van der Waals surface area contributed by atoms with E-state index < -0.39 is 12.1 Å². The molecule has 1 unspecified atom stereocenters. The Morgan fingerprint density at radius 2 is 1.56 bits per heavy atom. The van der Waals surface area contributed by atoms with Crippen molar-refractivity contribution in [2.75, 3.05) is 19.0 Å². The number of methoxy groups -OCH3 is 1. The molecule has 0 amide bonds. The molecule has 1 rings (SSSR count). The Balaban J connectivity index is 2.09. The molecule has 0 fully saturated rings. The third-order valence-electron chi connectivity index (χ3n) is 5.75. The molecule has 0 aromatic heterocycles. The van der Waals surface area contributed by atoms with Crippen LogP contribution >= 0.6 is 0 Å². The predicted octanol–water partition coefficient (Wildman–Crippen LogP) is 7.17. The number of carbonyl (C=O) groups is 2. The highest BCUT2D eigenvalue weighted by atomic mass is 16.6. The maximum Gasteiger partial charge on any atom is 0.347 e. The number of nitrogens with one attached hydrogen (secondary N) is 1. The van der Waals surface area contributed by atoms with Gasteiger partial charge in [-0.25, -0.2) is 4.79 Å². The smallest absolute Gasteiger partial charge is 0.347 e. The van der Waals surface area contributed by atoms with E-state index in [2.05, 4.69) is 28.8 Å². The van der Waals surface area contributed by atoms with Crippen molar-refractivity contribution < 1.29 is 19.1 Å². The fourth-order valence-electron chi connectivity index (χ4n) is 3.63. The zero-order valence-electron chi connectivity index (χ0n) is 21.4. The molecule has 0 spiro atoms. The van der Waals surface area contributed by atoms with Gasteiger partial charge in [0.25, 0.3) is 0 Å². The van der Waals surface area contributed by atoms with Crippen molar-refractivity contribution in [1.82, 2.24) is 0 Å². The first-order chi connectivity index (χ1) is 16.6. The zero-order valence-corrected chi connectivity index (χ0v) is 21.4. The van der Waals surface area contributed by atoms with Gasteiger partial charge in [-0.05, 0) is 69.1 Å². The van der Waals surface area contributed by atoms with Crippen LogP contribution in [0.4, 0.5) is 5.69 Å². The van der Waals surface area contributed by atoms with Crippen LogP contribution in [0.25, 0.3) is 0 Å². The number of allylic oxidation sites excluding steroid dienone is 3. The Labute approximate surface area is 207 Å². The average Bonchev–Trinajstić information content (AvgIpc) is 2.86. The van der Waals surface area contributed by atoms with Gasteiger partial charge >= 0.3 is 11.9 Å². The minimum absolute atomic E-state index is 0.238. The van der Waals surface area contributed by atoms with Crippen molar-refractivity contribution >= 4 is 17.6 Å². The minimum atomic E-state index is -0.818. The molecule has 0 aliphatic carbocycles. The normalized spacial score (nSPS) is 11.8. The number of aryl methyl sites for hydroxylation is 1. The highest BCUT2D eigenvalue weighted by Crippen LogP contribution is 2.13. The molecule has 5 heteroatoms. The first-order valence-corrected chi connectivity index (χ1v) is 13.0. The van der Waals surface area contributed by atoms with Crippen LogP contribution in [0.5, 0.6) is 0 Å². The van der Waals surface area contributed by atoms with E-state index in [9.17, 15) is 9.59 Å².